The zero-order chi connectivity index (χ0) is 4.00. The fourth-order valence-electron chi connectivity index (χ4n) is 0. The van der Waals surface area contributed by atoms with Gasteiger partial charge >= 0.3 is 0 Å². The van der Waals surface area contributed by atoms with Gasteiger partial charge in [-0.15, -0.1) is 0 Å². The number of nitroso groups, excluding NO2 is 1. The average Bonchev–Trinajstić information content (AvgIpc) is 1.50. The third-order valence-electron chi connectivity index (χ3n) is 0. The summed E-state index contributed by atoms with van der Waals surface area (Å²) in [4.78, 5) is 7.50. The van der Waals surface area contributed by atoms with E-state index in [9.17, 15) is 4.39 Å². The molecule has 0 aliphatic carbocycles. The number of halogens is 1. The fourth-order valence-corrected chi connectivity index (χ4v) is 0. The zero-order valence-electron chi connectivity index (χ0n) is 2.29. The predicted octanol–water partition coefficient (Wildman–Crippen LogP) is 0.917. The van der Waals surface area contributed by atoms with Gasteiger partial charge in [0.05, 0.1) is 7.18 Å². The molecule has 0 bridgehead atoms. The third-order valence-corrected chi connectivity index (χ3v) is 0. The molecule has 0 saturated heterocycles. The second kappa shape index (κ2) is 26.8. The van der Waals surface area contributed by atoms with Crippen molar-refractivity contribution >= 4 is 0 Å². The lowest BCUT2D eigenvalue weighted by molar-refractivity contribution is 0.636. The van der Waals surface area contributed by atoms with Gasteiger partial charge in [0.1, 0.15) is 0 Å². The minimum absolute atomic E-state index is 0.500. The van der Waals surface area contributed by atoms with Crippen LogP contribution in [0, 0.1) is 10.5 Å². The predicted molar refractivity (Wildman–Crippen MR) is 13.1 cm³/mol. The van der Waals surface area contributed by atoms with Crippen LogP contribution < -0.4 is 0 Å². The normalized spacial score (nSPS) is 2.50. The number of hydrogen-bond acceptors (Lipinski definition) is 2. The highest BCUT2D eigenvalue weighted by Gasteiger charge is 0.926. The zero-order valence-corrected chi connectivity index (χ0v) is 2.29. The smallest absolute Gasteiger partial charge is 0.0785 e. The van der Waals surface area contributed by atoms with Gasteiger partial charge in [0, 0.05) is 0 Å². The van der Waals surface area contributed by atoms with Crippen LogP contribution in [0.4, 0.5) is 4.39 Å². The summed E-state index contributed by atoms with van der Waals surface area (Å²) in [7, 11) is 0.500. The van der Waals surface area contributed by atoms with Gasteiger partial charge in [0.2, 0.25) is 0 Å². The van der Waals surface area contributed by atoms with E-state index in [1.807, 2.05) is 0 Å². The maximum Gasteiger partial charge on any atom is 0.0785 e. The summed E-state index contributed by atoms with van der Waals surface area (Å²) in [5.74, 6) is 0. The Bertz CT molecular complexity index is 8.00. The molecule has 26 valence electrons. The van der Waals surface area contributed by atoms with Crippen LogP contribution in [0.5, 0.6) is 0 Å². The van der Waals surface area contributed by atoms with Gasteiger partial charge in [-0.3, -0.25) is 4.39 Å². The van der Waals surface area contributed by atoms with E-state index < -0.39 is 0 Å². The molecule has 3 heteroatoms. The molecule has 2 nitrogen and oxygen atoms in total. The summed E-state index contributed by atoms with van der Waals surface area (Å²) < 4.78 is 9.50. The highest BCUT2D eigenvalue weighted by atomic mass is 19.1. The van der Waals surface area contributed by atoms with E-state index in [4.69, 9.17) is 4.91 Å². The van der Waals surface area contributed by atoms with Crippen molar-refractivity contribution in [2.45, 2.75) is 0 Å². The van der Waals surface area contributed by atoms with E-state index >= 15 is 0 Å². The molecule has 0 radical (unpaired) electrons. The second-order valence-corrected chi connectivity index (χ2v) is 0. The van der Waals surface area contributed by atoms with Crippen molar-refractivity contribution < 1.29 is 4.39 Å². The summed E-state index contributed by atoms with van der Waals surface area (Å²) in [5.41, 5.74) is 4.50. The first-order valence-electron chi connectivity index (χ1n) is 0.582. The summed E-state index contributed by atoms with van der Waals surface area (Å²) in [5, 5.41) is 0. The Morgan fingerprint density at radius 2 is 1.50 bits per heavy atom. The number of nitrogens with one attached hydrogen (secondary N) is 1. The van der Waals surface area contributed by atoms with Crippen molar-refractivity contribution in [1.82, 2.24) is 0 Å². The number of alkyl halides is 1. The Kier molecular flexibility index (Phi) is 64.7. The van der Waals surface area contributed by atoms with Crippen molar-refractivity contribution in [3.05, 3.63) is 4.91 Å². The Morgan fingerprint density at radius 3 is 1.50 bits per heavy atom. The highest BCUT2D eigenvalue weighted by Crippen LogP contribution is 1.16. The topological polar surface area (TPSA) is 40.9 Å². The second-order valence-electron chi connectivity index (χ2n) is 0. The quantitative estimate of drug-likeness (QED) is 0.419. The van der Waals surface area contributed by atoms with Crippen LogP contribution in [-0.4, -0.2) is 7.18 Å². The summed E-state index contributed by atoms with van der Waals surface area (Å²) in [6, 6.07) is 0. The molecule has 0 unspecified atom stereocenters. The lowest BCUT2D eigenvalue weighted by Gasteiger charge is -1.10. The third kappa shape index (κ3) is 1.95. The standard InChI is InChI=1S/CH3F.HNO/c2*1-2/h1H3;1H. The molecule has 0 aliphatic rings. The van der Waals surface area contributed by atoms with Gasteiger partial charge in [0.25, 0.3) is 0 Å². The minimum Gasteiger partial charge on any atom is -0.255 e. The van der Waals surface area contributed by atoms with Crippen LogP contribution in [0.3, 0.4) is 0 Å². The first kappa shape index (κ1) is 9.65. The molecule has 0 aromatic heterocycles. The molecule has 1 N–H and O–H groups in total. The molecule has 4 heavy (non-hydrogen) atoms. The lowest BCUT2D eigenvalue weighted by Crippen LogP contribution is -0.939. The lowest BCUT2D eigenvalue weighted by atomic mass is 11.9. The first-order chi connectivity index (χ1) is 2.00. The SMILES string of the molecule is CF.N=O. The Hall–Kier alpha value is -0.470. The van der Waals surface area contributed by atoms with Crippen molar-refractivity contribution in [2.75, 3.05) is 7.18 Å². The van der Waals surface area contributed by atoms with Crippen LogP contribution >= 0.6 is 0 Å². The highest BCUT2D eigenvalue weighted by molar-refractivity contribution is 3.63. The van der Waals surface area contributed by atoms with Gasteiger partial charge in [0.15, 0.2) is 0 Å². The monoisotopic (exact) mass is 65.0 g/mol. The van der Waals surface area contributed by atoms with Gasteiger partial charge in [-0.2, -0.15) is 4.91 Å². The molecular weight excluding hydrogens is 61.0 g/mol. The molecular formula is CH4FNO. The Morgan fingerprint density at radius 1 is 1.50 bits per heavy atom. The largest absolute Gasteiger partial charge is 0.255 e. The molecule has 0 aromatic rings. The molecule has 0 rings (SSSR count). The van der Waals surface area contributed by atoms with Crippen LogP contribution in [0.15, 0.2) is 0 Å². The molecule has 0 spiro atoms. The van der Waals surface area contributed by atoms with Crippen LogP contribution in [0.25, 0.3) is 0 Å². The summed E-state index contributed by atoms with van der Waals surface area (Å²) >= 11 is 0. The van der Waals surface area contributed by atoms with E-state index in [0.717, 1.165) is 0 Å². The fraction of sp³-hybridized carbons (Fsp3) is 1.00. The van der Waals surface area contributed by atoms with E-state index in [0.29, 0.717) is 7.18 Å². The van der Waals surface area contributed by atoms with E-state index in [2.05, 4.69) is 5.59 Å². The van der Waals surface area contributed by atoms with Crippen molar-refractivity contribution in [3.8, 4) is 0 Å². The van der Waals surface area contributed by atoms with Crippen molar-refractivity contribution in [1.29, 1.82) is 5.59 Å². The molecule has 0 fully saturated rings. The number of rotatable bonds is 0. The average molecular weight is 65.0 g/mol. The molecule has 0 saturated carbocycles. The van der Waals surface area contributed by atoms with Gasteiger partial charge < -0.3 is 0 Å². The van der Waals surface area contributed by atoms with E-state index in [1.165, 1.54) is 0 Å². The number of hydrogen-bond donors (Lipinski definition) is 1. The van der Waals surface area contributed by atoms with Crippen LogP contribution in [-0.2, 0) is 0 Å². The first-order valence-corrected chi connectivity index (χ1v) is 0.582. The van der Waals surface area contributed by atoms with Gasteiger partial charge in [-0.05, 0) is 0 Å². The van der Waals surface area contributed by atoms with Gasteiger partial charge in [-0.25, -0.2) is 0 Å². The molecule has 0 aromatic carbocycles. The Labute approximate surface area is 23.4 Å². The molecule has 0 amide bonds. The Balaban J connectivity index is 0. The van der Waals surface area contributed by atoms with E-state index in [1.54, 1.807) is 0 Å². The maximum atomic E-state index is 9.50. The molecule has 0 atom stereocenters. The van der Waals surface area contributed by atoms with Crippen LogP contribution in [0.1, 0.15) is 0 Å². The van der Waals surface area contributed by atoms with Crippen molar-refractivity contribution in [3.63, 3.8) is 0 Å². The summed E-state index contributed by atoms with van der Waals surface area (Å²) in [6.07, 6.45) is 0. The van der Waals surface area contributed by atoms with E-state index in [-0.39, 0.29) is 0 Å². The van der Waals surface area contributed by atoms with Crippen molar-refractivity contribution in [2.24, 2.45) is 0 Å². The van der Waals surface area contributed by atoms with Gasteiger partial charge in [-0.1, -0.05) is 5.59 Å². The molecule has 0 heterocycles. The summed E-state index contributed by atoms with van der Waals surface area (Å²) in [6.45, 7) is 0. The minimum atomic E-state index is 0.500. The maximum absolute atomic E-state index is 9.50. The molecule has 0 aliphatic heterocycles. The van der Waals surface area contributed by atoms with Crippen LogP contribution in [0.2, 0.25) is 0 Å².